The zero-order chi connectivity index (χ0) is 20.6. The van der Waals surface area contributed by atoms with Gasteiger partial charge in [0, 0.05) is 0 Å². The first-order valence-electron chi connectivity index (χ1n) is 11.3. The molecule has 1 atom stereocenters. The van der Waals surface area contributed by atoms with Crippen LogP contribution in [0.25, 0.3) is 0 Å². The second-order valence-corrected chi connectivity index (χ2v) is 12.7. The molecule has 27 heavy (non-hydrogen) atoms. The summed E-state index contributed by atoms with van der Waals surface area (Å²) in [5.41, 5.74) is -1.25. The summed E-state index contributed by atoms with van der Waals surface area (Å²) in [7, 11) is 0. The van der Waals surface area contributed by atoms with Crippen LogP contribution >= 0.6 is 11.8 Å². The Labute approximate surface area is 184 Å². The molecular formula is C22H46O3SSn. The Bertz CT molecular complexity index is 285. The van der Waals surface area contributed by atoms with E-state index >= 15 is 0 Å². The molecule has 0 aromatic heterocycles. The quantitative estimate of drug-likeness (QED) is 0.110. The van der Waals surface area contributed by atoms with Crippen LogP contribution in [0.2, 0.25) is 8.87 Å². The van der Waals surface area contributed by atoms with Gasteiger partial charge in [0.05, 0.1) is 0 Å². The molecule has 0 aliphatic rings. The van der Waals surface area contributed by atoms with E-state index in [-0.39, 0.29) is 21.1 Å². The SMILES string of the molecule is CCCCCCCCCCCCSC(O)C(=O)O.CCC[CH2][Sn][CH2]CCC. The van der Waals surface area contributed by atoms with E-state index < -0.39 is 11.4 Å². The van der Waals surface area contributed by atoms with E-state index in [4.69, 9.17) is 10.2 Å². The topological polar surface area (TPSA) is 57.5 Å². The van der Waals surface area contributed by atoms with Crippen LogP contribution in [0.3, 0.4) is 0 Å². The van der Waals surface area contributed by atoms with Gasteiger partial charge in [-0.25, -0.2) is 4.79 Å². The van der Waals surface area contributed by atoms with Gasteiger partial charge in [0.1, 0.15) is 0 Å². The Kier molecular flexibility index (Phi) is 29.3. The van der Waals surface area contributed by atoms with Crippen molar-refractivity contribution in [3.8, 4) is 0 Å². The molecule has 0 fully saturated rings. The molecular weight excluding hydrogens is 463 g/mol. The van der Waals surface area contributed by atoms with Gasteiger partial charge in [0.25, 0.3) is 0 Å². The maximum absolute atomic E-state index is 10.3. The molecule has 1 unspecified atom stereocenters. The number of rotatable bonds is 19. The molecule has 0 bridgehead atoms. The van der Waals surface area contributed by atoms with Crippen LogP contribution < -0.4 is 0 Å². The number of unbranched alkanes of at least 4 members (excludes halogenated alkanes) is 11. The van der Waals surface area contributed by atoms with Crippen LogP contribution in [-0.2, 0) is 4.79 Å². The summed E-state index contributed by atoms with van der Waals surface area (Å²) < 4.78 is 3.25. The summed E-state index contributed by atoms with van der Waals surface area (Å²) in [4.78, 5) is 10.3. The van der Waals surface area contributed by atoms with Gasteiger partial charge in [-0.15, -0.1) is 11.8 Å². The number of thioether (sulfide) groups is 1. The van der Waals surface area contributed by atoms with Crippen LogP contribution in [0.1, 0.15) is 111 Å². The maximum atomic E-state index is 10.3. The zero-order valence-electron chi connectivity index (χ0n) is 18.3. The van der Waals surface area contributed by atoms with Crippen molar-refractivity contribution in [2.45, 2.75) is 125 Å². The number of carboxylic acid groups (broad SMARTS) is 1. The number of aliphatic hydroxyl groups is 1. The van der Waals surface area contributed by atoms with Gasteiger partial charge in [0.15, 0.2) is 5.44 Å². The van der Waals surface area contributed by atoms with E-state index in [1.54, 1.807) is 8.87 Å². The molecule has 0 spiro atoms. The van der Waals surface area contributed by atoms with Crippen molar-refractivity contribution in [3.05, 3.63) is 0 Å². The fourth-order valence-corrected chi connectivity index (χ4v) is 7.48. The van der Waals surface area contributed by atoms with Crippen molar-refractivity contribution >= 4 is 38.9 Å². The third-order valence-corrected chi connectivity index (χ3v) is 9.48. The summed E-state index contributed by atoms with van der Waals surface area (Å²) in [6.45, 7) is 6.82. The van der Waals surface area contributed by atoms with Crippen LogP contribution in [0.5, 0.6) is 0 Å². The number of hydrogen-bond acceptors (Lipinski definition) is 3. The number of aliphatic hydroxyl groups excluding tert-OH is 1. The Morgan fingerprint density at radius 2 is 1.15 bits per heavy atom. The van der Waals surface area contributed by atoms with Crippen molar-refractivity contribution in [2.24, 2.45) is 0 Å². The van der Waals surface area contributed by atoms with Crippen molar-refractivity contribution in [1.82, 2.24) is 0 Å². The summed E-state index contributed by atoms with van der Waals surface area (Å²) >= 11 is 1.27. The van der Waals surface area contributed by atoms with Gasteiger partial charge in [-0.2, -0.15) is 0 Å². The molecule has 0 aromatic carbocycles. The van der Waals surface area contributed by atoms with E-state index in [1.807, 2.05) is 0 Å². The van der Waals surface area contributed by atoms with Gasteiger partial charge in [0.2, 0.25) is 0 Å². The molecule has 0 saturated carbocycles. The van der Waals surface area contributed by atoms with Crippen LogP contribution in [-0.4, -0.2) is 48.5 Å². The molecule has 0 saturated heterocycles. The number of carboxylic acids is 1. The first-order chi connectivity index (χ1) is 13.1. The third-order valence-electron chi connectivity index (χ3n) is 4.40. The van der Waals surface area contributed by atoms with Crippen molar-refractivity contribution < 1.29 is 15.0 Å². The van der Waals surface area contributed by atoms with E-state index in [1.165, 1.54) is 77.0 Å². The Morgan fingerprint density at radius 3 is 1.56 bits per heavy atom. The average molecular weight is 509 g/mol. The van der Waals surface area contributed by atoms with Crippen molar-refractivity contribution in [3.63, 3.8) is 0 Å². The van der Waals surface area contributed by atoms with Gasteiger partial charge < -0.3 is 10.2 Å². The molecule has 0 aromatic rings. The van der Waals surface area contributed by atoms with Crippen LogP contribution in [0.15, 0.2) is 0 Å². The minimum absolute atomic E-state index is 0.149. The van der Waals surface area contributed by atoms with Crippen LogP contribution in [0.4, 0.5) is 0 Å². The first-order valence-corrected chi connectivity index (χ1v) is 16.4. The molecule has 2 N–H and O–H groups in total. The predicted octanol–water partition coefficient (Wildman–Crippen LogP) is 7.17. The first kappa shape index (κ1) is 29.8. The average Bonchev–Trinajstić information content (AvgIpc) is 2.66. The van der Waals surface area contributed by atoms with E-state index in [0.29, 0.717) is 0 Å². The number of hydrogen-bond donors (Lipinski definition) is 2. The fourth-order valence-electron chi connectivity index (χ4n) is 2.58. The zero-order valence-corrected chi connectivity index (χ0v) is 22.0. The number of carbonyl (C=O) groups is 1. The molecule has 162 valence electrons. The summed E-state index contributed by atoms with van der Waals surface area (Å²) in [6, 6.07) is 0. The normalized spacial score (nSPS) is 11.7. The van der Waals surface area contributed by atoms with Crippen molar-refractivity contribution in [2.75, 3.05) is 5.75 Å². The van der Waals surface area contributed by atoms with Gasteiger partial charge in [-0.3, -0.25) is 0 Å². The molecule has 0 aliphatic heterocycles. The molecule has 0 rings (SSSR count). The van der Waals surface area contributed by atoms with E-state index in [9.17, 15) is 4.79 Å². The predicted molar refractivity (Wildman–Crippen MR) is 123 cm³/mol. The van der Waals surface area contributed by atoms with Gasteiger partial charge in [-0.1, -0.05) is 64.7 Å². The van der Waals surface area contributed by atoms with Gasteiger partial charge in [-0.05, 0) is 12.2 Å². The van der Waals surface area contributed by atoms with Crippen LogP contribution in [0, 0.1) is 0 Å². The molecule has 3 nitrogen and oxygen atoms in total. The van der Waals surface area contributed by atoms with Crippen molar-refractivity contribution in [1.29, 1.82) is 0 Å². The fraction of sp³-hybridized carbons (Fsp3) is 0.955. The Morgan fingerprint density at radius 1 is 0.741 bits per heavy atom. The molecule has 5 heteroatoms. The van der Waals surface area contributed by atoms with Gasteiger partial charge >= 0.3 is 75.5 Å². The van der Waals surface area contributed by atoms with E-state index in [2.05, 4.69) is 20.8 Å². The molecule has 0 aliphatic carbocycles. The second-order valence-electron chi connectivity index (χ2n) is 7.20. The molecule has 0 amide bonds. The summed E-state index contributed by atoms with van der Waals surface area (Å²) in [5, 5.41) is 17.5. The molecule has 2 radical (unpaired) electrons. The summed E-state index contributed by atoms with van der Waals surface area (Å²) in [5.74, 6) is -0.392. The Hall–Kier alpha value is 0.579. The standard InChI is InChI=1S/C14H28O3S.2C4H9.Sn/c1-2-3-4-5-6-7-8-9-10-11-12-18-14(17)13(15)16;2*1-3-4-2;/h14,17H,2-12H2,1H3,(H,15,16);2*1,3-4H2,2H3;. The van der Waals surface area contributed by atoms with E-state index in [0.717, 1.165) is 30.4 Å². The molecule has 0 heterocycles. The second kappa shape index (κ2) is 26.6. The summed E-state index contributed by atoms with van der Waals surface area (Å²) in [6.07, 6.45) is 18.6. The Balaban J connectivity index is 0. The minimum atomic E-state index is -1.25. The third kappa shape index (κ3) is 28.9. The number of aliphatic carboxylic acids is 1. The monoisotopic (exact) mass is 510 g/mol.